The van der Waals surface area contributed by atoms with Gasteiger partial charge in [0.15, 0.2) is 0 Å². The highest BCUT2D eigenvalue weighted by Crippen LogP contribution is 2.41. The number of rotatable bonds is 4. The summed E-state index contributed by atoms with van der Waals surface area (Å²) in [5.74, 6) is 0.566. The summed E-state index contributed by atoms with van der Waals surface area (Å²) in [6.07, 6.45) is 2.98. The van der Waals surface area contributed by atoms with Crippen molar-refractivity contribution < 1.29 is 9.66 Å². The zero-order valence-corrected chi connectivity index (χ0v) is 14.1. The van der Waals surface area contributed by atoms with Crippen molar-refractivity contribution in [1.82, 2.24) is 0 Å². The molecule has 0 spiro atoms. The fraction of sp³-hybridized carbons (Fsp3) is 0.263. The highest BCUT2D eigenvalue weighted by Gasteiger charge is 2.36. The second-order valence-electron chi connectivity index (χ2n) is 5.88. The van der Waals surface area contributed by atoms with Crippen LogP contribution in [-0.4, -0.2) is 18.1 Å². The topological polar surface area (TPSA) is 52.4 Å². The van der Waals surface area contributed by atoms with Gasteiger partial charge < -0.3 is 4.74 Å². The molecule has 24 heavy (non-hydrogen) atoms. The number of nitro groups is 1. The normalized spacial score (nSPS) is 20.3. The van der Waals surface area contributed by atoms with Crippen molar-refractivity contribution in [1.29, 1.82) is 0 Å². The average molecular weight is 344 g/mol. The maximum Gasteiger partial charge on any atom is 0.223 e. The lowest BCUT2D eigenvalue weighted by Gasteiger charge is -2.27. The Kier molecular flexibility index (Phi) is 4.86. The second-order valence-corrected chi connectivity index (χ2v) is 6.29. The van der Waals surface area contributed by atoms with Crippen molar-refractivity contribution >= 4 is 17.2 Å². The van der Waals surface area contributed by atoms with Crippen LogP contribution in [0.3, 0.4) is 0 Å². The van der Waals surface area contributed by atoms with Crippen molar-refractivity contribution in [2.24, 2.45) is 0 Å². The van der Waals surface area contributed by atoms with E-state index in [1.165, 1.54) is 0 Å². The number of benzene rings is 2. The Bertz CT molecular complexity index is 770. The van der Waals surface area contributed by atoms with Crippen molar-refractivity contribution in [2.45, 2.75) is 24.8 Å². The monoisotopic (exact) mass is 343 g/mol. The van der Waals surface area contributed by atoms with E-state index >= 15 is 0 Å². The van der Waals surface area contributed by atoms with Crippen LogP contribution >= 0.6 is 11.6 Å². The van der Waals surface area contributed by atoms with Gasteiger partial charge in [0.2, 0.25) is 6.04 Å². The molecule has 0 N–H and O–H groups in total. The van der Waals surface area contributed by atoms with E-state index in [4.69, 9.17) is 16.3 Å². The molecular weight excluding hydrogens is 326 g/mol. The van der Waals surface area contributed by atoms with Gasteiger partial charge in [0.25, 0.3) is 0 Å². The summed E-state index contributed by atoms with van der Waals surface area (Å²) in [4.78, 5) is 11.3. The summed E-state index contributed by atoms with van der Waals surface area (Å²) in [6.45, 7) is 0. The van der Waals surface area contributed by atoms with Crippen molar-refractivity contribution in [3.8, 4) is 5.75 Å². The lowest BCUT2D eigenvalue weighted by Crippen LogP contribution is -2.30. The molecular formula is C19H18ClNO3. The molecule has 124 valence electrons. The van der Waals surface area contributed by atoms with Crippen LogP contribution in [0.4, 0.5) is 0 Å². The highest BCUT2D eigenvalue weighted by atomic mass is 35.5. The van der Waals surface area contributed by atoms with Crippen molar-refractivity contribution in [3.05, 3.63) is 80.9 Å². The molecule has 0 saturated heterocycles. The molecule has 3 rings (SSSR count). The predicted octanol–water partition coefficient (Wildman–Crippen LogP) is 4.95. The van der Waals surface area contributed by atoms with Crippen molar-refractivity contribution in [2.75, 3.05) is 7.11 Å². The molecule has 0 fully saturated rings. The molecule has 0 unspecified atom stereocenters. The lowest BCUT2D eigenvalue weighted by molar-refractivity contribution is -0.526. The zero-order valence-electron chi connectivity index (χ0n) is 13.3. The third-order valence-electron chi connectivity index (χ3n) is 4.55. The molecule has 4 nitrogen and oxygen atoms in total. The summed E-state index contributed by atoms with van der Waals surface area (Å²) < 4.78 is 5.18. The number of nitrogens with zero attached hydrogens (tertiary/aromatic N) is 1. The van der Waals surface area contributed by atoms with Crippen LogP contribution in [0.5, 0.6) is 5.75 Å². The Morgan fingerprint density at radius 3 is 2.50 bits per heavy atom. The predicted molar refractivity (Wildman–Crippen MR) is 95.2 cm³/mol. The minimum atomic E-state index is -0.646. The van der Waals surface area contributed by atoms with E-state index in [1.807, 2.05) is 48.5 Å². The average Bonchev–Trinajstić information content (AvgIpc) is 2.61. The summed E-state index contributed by atoms with van der Waals surface area (Å²) in [6, 6.07) is 14.5. The quantitative estimate of drug-likeness (QED) is 0.582. The SMILES string of the molecule is COc1ccc(C2=CC[C@@H]([N+](=O)[O-])[C@H](c3ccccc3Cl)C2)cc1. The van der Waals surface area contributed by atoms with E-state index in [-0.39, 0.29) is 10.8 Å². The second kappa shape index (κ2) is 7.05. The Morgan fingerprint density at radius 1 is 1.17 bits per heavy atom. The molecule has 1 aliphatic rings. The number of methoxy groups -OCH3 is 1. The Morgan fingerprint density at radius 2 is 1.88 bits per heavy atom. The minimum absolute atomic E-state index is 0.185. The van der Waals surface area contributed by atoms with Crippen molar-refractivity contribution in [3.63, 3.8) is 0 Å². The Balaban J connectivity index is 1.94. The van der Waals surface area contributed by atoms with Gasteiger partial charge in [0, 0.05) is 16.4 Å². The first-order chi connectivity index (χ1) is 11.6. The van der Waals surface area contributed by atoms with Gasteiger partial charge in [-0.05, 0) is 41.3 Å². The van der Waals surface area contributed by atoms with Crippen LogP contribution in [0.25, 0.3) is 5.57 Å². The van der Waals surface area contributed by atoms with Crippen LogP contribution in [0.1, 0.15) is 29.9 Å². The minimum Gasteiger partial charge on any atom is -0.497 e. The molecule has 0 bridgehead atoms. The van der Waals surface area contributed by atoms with Gasteiger partial charge in [-0.15, -0.1) is 0 Å². The third kappa shape index (κ3) is 3.29. The fourth-order valence-corrected chi connectivity index (χ4v) is 3.53. The lowest BCUT2D eigenvalue weighted by atomic mass is 9.78. The smallest absolute Gasteiger partial charge is 0.223 e. The van der Waals surface area contributed by atoms with E-state index in [1.54, 1.807) is 13.2 Å². The summed E-state index contributed by atoms with van der Waals surface area (Å²) >= 11 is 6.30. The van der Waals surface area contributed by atoms with Gasteiger partial charge >= 0.3 is 0 Å². The van der Waals surface area contributed by atoms with Crippen LogP contribution < -0.4 is 4.74 Å². The van der Waals surface area contributed by atoms with E-state index in [0.717, 1.165) is 22.4 Å². The van der Waals surface area contributed by atoms with E-state index in [9.17, 15) is 10.1 Å². The van der Waals surface area contributed by atoms with Gasteiger partial charge in [-0.1, -0.05) is 48.0 Å². The van der Waals surface area contributed by atoms with Gasteiger partial charge in [0.05, 0.1) is 13.0 Å². The number of halogens is 1. The highest BCUT2D eigenvalue weighted by molar-refractivity contribution is 6.31. The molecule has 0 heterocycles. The first-order valence-electron chi connectivity index (χ1n) is 7.81. The van der Waals surface area contributed by atoms with Gasteiger partial charge in [-0.25, -0.2) is 0 Å². The van der Waals surface area contributed by atoms with Gasteiger partial charge in [-0.3, -0.25) is 10.1 Å². The molecule has 2 atom stereocenters. The Labute approximate surface area is 145 Å². The van der Waals surface area contributed by atoms with Gasteiger partial charge in [-0.2, -0.15) is 0 Å². The molecule has 0 amide bonds. The Hall–Kier alpha value is -2.33. The number of ether oxygens (including phenoxy) is 1. The van der Waals surface area contributed by atoms with Gasteiger partial charge in [0.1, 0.15) is 5.75 Å². The molecule has 0 aromatic heterocycles. The number of allylic oxidation sites excluding steroid dienone is 1. The molecule has 5 heteroatoms. The third-order valence-corrected chi connectivity index (χ3v) is 4.89. The summed E-state index contributed by atoms with van der Waals surface area (Å²) in [5.41, 5.74) is 3.02. The van der Waals surface area contributed by atoms with E-state index in [2.05, 4.69) is 0 Å². The zero-order chi connectivity index (χ0) is 17.1. The molecule has 0 saturated carbocycles. The van der Waals surface area contributed by atoms with Crippen LogP contribution in [-0.2, 0) is 0 Å². The standard InChI is InChI=1S/C19H18ClNO3/c1-24-15-9-6-13(7-10-15)14-8-11-19(21(22)23)17(12-14)16-4-2-3-5-18(16)20/h2-10,17,19H,11-12H2,1H3/t17-,19+/m0/s1. The number of hydrogen-bond acceptors (Lipinski definition) is 3. The first-order valence-corrected chi connectivity index (χ1v) is 8.19. The first kappa shape index (κ1) is 16.5. The summed E-state index contributed by atoms with van der Waals surface area (Å²) in [5, 5.41) is 12.1. The molecule has 2 aromatic rings. The molecule has 1 aliphatic carbocycles. The molecule has 2 aromatic carbocycles. The van der Waals surface area contributed by atoms with Crippen LogP contribution in [0.15, 0.2) is 54.6 Å². The fourth-order valence-electron chi connectivity index (χ4n) is 3.25. The maximum atomic E-state index is 11.5. The molecule has 0 radical (unpaired) electrons. The van der Waals surface area contributed by atoms with E-state index in [0.29, 0.717) is 17.9 Å². The van der Waals surface area contributed by atoms with E-state index < -0.39 is 6.04 Å². The van der Waals surface area contributed by atoms with Crippen LogP contribution in [0, 0.1) is 10.1 Å². The maximum absolute atomic E-state index is 11.5. The molecule has 0 aliphatic heterocycles. The summed E-state index contributed by atoms with van der Waals surface area (Å²) in [7, 11) is 1.63. The van der Waals surface area contributed by atoms with Crippen LogP contribution in [0.2, 0.25) is 5.02 Å². The largest absolute Gasteiger partial charge is 0.497 e. The number of hydrogen-bond donors (Lipinski definition) is 0.